The number of benzene rings is 1. The van der Waals surface area contributed by atoms with E-state index in [9.17, 15) is 4.79 Å². The summed E-state index contributed by atoms with van der Waals surface area (Å²) in [5, 5.41) is 4.89. The Morgan fingerprint density at radius 1 is 1.15 bits per heavy atom. The minimum atomic E-state index is 0.0340. The van der Waals surface area contributed by atoms with Gasteiger partial charge in [-0.1, -0.05) is 42.1 Å². The van der Waals surface area contributed by atoms with Crippen LogP contribution in [0.15, 0.2) is 22.7 Å². The van der Waals surface area contributed by atoms with E-state index < -0.39 is 0 Å². The Hall–Kier alpha value is -1.88. The summed E-state index contributed by atoms with van der Waals surface area (Å²) in [6.45, 7) is 3.27. The molecule has 0 spiro atoms. The fourth-order valence-electron chi connectivity index (χ4n) is 4.31. The smallest absolute Gasteiger partial charge is 0.254 e. The molecular formula is C21H26ClN3O2. The monoisotopic (exact) mass is 387 g/mol. The molecule has 2 aromatic rings. The van der Waals surface area contributed by atoms with Gasteiger partial charge in [-0.3, -0.25) is 4.79 Å². The van der Waals surface area contributed by atoms with Crippen LogP contribution in [0.5, 0.6) is 0 Å². The van der Waals surface area contributed by atoms with Gasteiger partial charge in [0.05, 0.1) is 5.92 Å². The second-order valence-corrected chi connectivity index (χ2v) is 8.24. The summed E-state index contributed by atoms with van der Waals surface area (Å²) in [4.78, 5) is 19.6. The number of hydrogen-bond acceptors (Lipinski definition) is 4. The zero-order chi connectivity index (χ0) is 18.8. The quantitative estimate of drug-likeness (QED) is 0.735. The number of piperidine rings is 1. The van der Waals surface area contributed by atoms with Crippen molar-refractivity contribution < 1.29 is 9.32 Å². The Morgan fingerprint density at radius 2 is 1.93 bits per heavy atom. The van der Waals surface area contributed by atoms with Gasteiger partial charge in [-0.05, 0) is 50.3 Å². The molecule has 1 saturated heterocycles. The first kappa shape index (κ1) is 18.5. The Balaban J connectivity index is 1.47. The van der Waals surface area contributed by atoms with Crippen molar-refractivity contribution >= 4 is 17.5 Å². The van der Waals surface area contributed by atoms with Crippen LogP contribution >= 0.6 is 11.6 Å². The van der Waals surface area contributed by atoms with Gasteiger partial charge in [-0.25, -0.2) is 0 Å². The Morgan fingerprint density at radius 3 is 2.74 bits per heavy atom. The van der Waals surface area contributed by atoms with Gasteiger partial charge in [0.15, 0.2) is 5.82 Å². The van der Waals surface area contributed by atoms with Crippen LogP contribution in [0.2, 0.25) is 5.02 Å². The van der Waals surface area contributed by atoms with Crippen molar-refractivity contribution in [2.75, 3.05) is 13.1 Å². The zero-order valence-electron chi connectivity index (χ0n) is 15.8. The highest BCUT2D eigenvalue weighted by molar-refractivity contribution is 6.31. The van der Waals surface area contributed by atoms with E-state index in [4.69, 9.17) is 21.1 Å². The number of aromatic nitrogens is 2. The highest BCUT2D eigenvalue weighted by atomic mass is 35.5. The Labute approximate surface area is 165 Å². The molecule has 2 aliphatic rings. The molecule has 2 fully saturated rings. The average molecular weight is 388 g/mol. The predicted molar refractivity (Wildman–Crippen MR) is 104 cm³/mol. The molecule has 1 saturated carbocycles. The molecule has 0 bridgehead atoms. The molecular weight excluding hydrogens is 362 g/mol. The molecule has 5 nitrogen and oxygen atoms in total. The number of amides is 1. The fourth-order valence-corrected chi connectivity index (χ4v) is 4.49. The van der Waals surface area contributed by atoms with Crippen LogP contribution in [0.1, 0.15) is 84.4 Å². The molecule has 1 atom stereocenters. The summed E-state index contributed by atoms with van der Waals surface area (Å²) in [6, 6.07) is 5.50. The van der Waals surface area contributed by atoms with Crippen LogP contribution in [-0.2, 0) is 0 Å². The van der Waals surface area contributed by atoms with Crippen LogP contribution in [0.3, 0.4) is 0 Å². The molecule has 0 N–H and O–H groups in total. The minimum absolute atomic E-state index is 0.0340. The number of hydrogen-bond donors (Lipinski definition) is 0. The fraction of sp³-hybridized carbons (Fsp3) is 0.571. The third-order valence-electron chi connectivity index (χ3n) is 5.98. The number of likely N-dealkylation sites (tertiary alicyclic amines) is 1. The summed E-state index contributed by atoms with van der Waals surface area (Å²) >= 11 is 6.19. The highest BCUT2D eigenvalue weighted by Crippen LogP contribution is 2.33. The molecule has 2 heterocycles. The molecule has 1 aliphatic heterocycles. The molecule has 0 radical (unpaired) electrons. The maximum Gasteiger partial charge on any atom is 0.254 e. The zero-order valence-corrected chi connectivity index (χ0v) is 16.5. The van der Waals surface area contributed by atoms with E-state index >= 15 is 0 Å². The molecule has 1 amide bonds. The lowest BCUT2D eigenvalue weighted by Gasteiger charge is -2.31. The first-order valence-electron chi connectivity index (χ1n) is 10.0. The molecule has 6 heteroatoms. The second-order valence-electron chi connectivity index (χ2n) is 7.83. The van der Waals surface area contributed by atoms with E-state index in [2.05, 4.69) is 5.16 Å². The second kappa shape index (κ2) is 8.01. The van der Waals surface area contributed by atoms with Crippen molar-refractivity contribution in [3.8, 4) is 0 Å². The SMILES string of the molecule is Cc1c(Cl)cccc1C(=O)N1CCC[C@H](c2nc(C3CCCCC3)no2)C1. The number of nitrogens with zero attached hydrogens (tertiary/aromatic N) is 3. The lowest BCUT2D eigenvalue weighted by molar-refractivity contribution is 0.0695. The van der Waals surface area contributed by atoms with E-state index in [0.29, 0.717) is 28.9 Å². The van der Waals surface area contributed by atoms with E-state index in [1.165, 1.54) is 19.3 Å². The first-order valence-corrected chi connectivity index (χ1v) is 10.4. The minimum Gasteiger partial charge on any atom is -0.339 e. The standard InChI is InChI=1S/C21H26ClN3O2/c1-14-17(10-5-11-18(14)22)21(26)25-12-6-9-16(13-25)20-23-19(24-27-20)15-7-3-2-4-8-15/h5,10-11,15-16H,2-4,6-9,12-13H2,1H3/t16-/m0/s1. The van der Waals surface area contributed by atoms with Gasteiger partial charge in [0, 0.05) is 29.6 Å². The molecule has 1 aromatic heterocycles. The number of halogens is 1. The van der Waals surface area contributed by atoms with Crippen LogP contribution < -0.4 is 0 Å². The molecule has 0 unspecified atom stereocenters. The Kier molecular flexibility index (Phi) is 5.48. The largest absolute Gasteiger partial charge is 0.339 e. The highest BCUT2D eigenvalue weighted by Gasteiger charge is 2.31. The molecule has 144 valence electrons. The molecule has 1 aromatic carbocycles. The normalized spacial score (nSPS) is 21.4. The van der Waals surface area contributed by atoms with Crippen LogP contribution in [0, 0.1) is 6.92 Å². The predicted octanol–water partition coefficient (Wildman–Crippen LogP) is 5.10. The van der Waals surface area contributed by atoms with Gasteiger partial charge in [-0.15, -0.1) is 0 Å². The van der Waals surface area contributed by atoms with Crippen molar-refractivity contribution in [2.24, 2.45) is 0 Å². The van der Waals surface area contributed by atoms with Gasteiger partial charge < -0.3 is 9.42 Å². The summed E-state index contributed by atoms with van der Waals surface area (Å²) in [7, 11) is 0. The number of carbonyl (C=O) groups is 1. The van der Waals surface area contributed by atoms with E-state index in [-0.39, 0.29) is 11.8 Å². The maximum absolute atomic E-state index is 13.0. The number of carbonyl (C=O) groups excluding carboxylic acids is 1. The van der Waals surface area contributed by atoms with Gasteiger partial charge in [0.1, 0.15) is 0 Å². The van der Waals surface area contributed by atoms with Crippen LogP contribution in [0.25, 0.3) is 0 Å². The third-order valence-corrected chi connectivity index (χ3v) is 6.39. The maximum atomic E-state index is 13.0. The van der Waals surface area contributed by atoms with Crippen molar-refractivity contribution in [3.05, 3.63) is 46.1 Å². The average Bonchev–Trinajstić information content (AvgIpc) is 3.21. The molecule has 27 heavy (non-hydrogen) atoms. The van der Waals surface area contributed by atoms with Gasteiger partial charge >= 0.3 is 0 Å². The topological polar surface area (TPSA) is 59.2 Å². The van der Waals surface area contributed by atoms with Gasteiger partial charge in [0.2, 0.25) is 5.89 Å². The van der Waals surface area contributed by atoms with Crippen molar-refractivity contribution in [1.29, 1.82) is 0 Å². The lowest BCUT2D eigenvalue weighted by Crippen LogP contribution is -2.39. The summed E-state index contributed by atoms with van der Waals surface area (Å²) < 4.78 is 5.61. The van der Waals surface area contributed by atoms with Crippen molar-refractivity contribution in [2.45, 2.75) is 63.7 Å². The van der Waals surface area contributed by atoms with Gasteiger partial charge in [0.25, 0.3) is 5.91 Å². The molecule has 1 aliphatic carbocycles. The molecule has 4 rings (SSSR count). The summed E-state index contributed by atoms with van der Waals surface area (Å²) in [5.41, 5.74) is 1.51. The Bertz CT molecular complexity index is 814. The lowest BCUT2D eigenvalue weighted by atomic mass is 9.89. The van der Waals surface area contributed by atoms with Gasteiger partial charge in [-0.2, -0.15) is 4.98 Å². The summed E-state index contributed by atoms with van der Waals surface area (Å²) in [5.74, 6) is 2.14. The van der Waals surface area contributed by atoms with Crippen molar-refractivity contribution in [1.82, 2.24) is 15.0 Å². The van der Waals surface area contributed by atoms with Crippen LogP contribution in [-0.4, -0.2) is 34.0 Å². The summed E-state index contributed by atoms with van der Waals surface area (Å²) in [6.07, 6.45) is 8.04. The van der Waals surface area contributed by atoms with E-state index in [1.54, 1.807) is 0 Å². The first-order chi connectivity index (χ1) is 13.1. The van der Waals surface area contributed by atoms with Crippen LogP contribution in [0.4, 0.5) is 0 Å². The van der Waals surface area contributed by atoms with E-state index in [0.717, 1.165) is 43.6 Å². The van der Waals surface area contributed by atoms with Crippen molar-refractivity contribution in [3.63, 3.8) is 0 Å². The van der Waals surface area contributed by atoms with E-state index in [1.807, 2.05) is 30.0 Å². The third kappa shape index (κ3) is 3.88. The number of rotatable bonds is 3.